The van der Waals surface area contributed by atoms with E-state index in [1.54, 1.807) is 28.9 Å². The molecule has 0 bridgehead atoms. The third kappa shape index (κ3) is 4.80. The summed E-state index contributed by atoms with van der Waals surface area (Å²) in [5.41, 5.74) is 8.59. The Bertz CT molecular complexity index is 1780. The van der Waals surface area contributed by atoms with Crippen molar-refractivity contribution in [3.8, 4) is 11.1 Å². The van der Waals surface area contributed by atoms with E-state index in [-0.39, 0.29) is 4.90 Å². The minimum absolute atomic E-state index is 0.190. The first-order valence-electron chi connectivity index (χ1n) is 12.1. The van der Waals surface area contributed by atoms with E-state index in [9.17, 15) is 8.42 Å². The first-order valence-corrected chi connectivity index (χ1v) is 13.9. The van der Waals surface area contributed by atoms with Crippen LogP contribution in [0.5, 0.6) is 0 Å². The fraction of sp³-hybridized carbons (Fsp3) is 0.250. The van der Waals surface area contributed by atoms with E-state index in [1.165, 1.54) is 6.26 Å². The van der Waals surface area contributed by atoms with Crippen LogP contribution in [0.3, 0.4) is 0 Å². The lowest BCUT2D eigenvalue weighted by Gasteiger charge is -2.16. The number of sulfone groups is 1. The highest BCUT2D eigenvalue weighted by atomic mass is 32.2. The molecule has 0 fully saturated rings. The predicted molar refractivity (Wildman–Crippen MR) is 149 cm³/mol. The van der Waals surface area contributed by atoms with Gasteiger partial charge >= 0.3 is 0 Å². The van der Waals surface area contributed by atoms with Gasteiger partial charge in [-0.15, -0.1) is 4.98 Å². The summed E-state index contributed by atoms with van der Waals surface area (Å²) in [6, 6.07) is 12.6. The zero-order valence-electron chi connectivity index (χ0n) is 21.9. The summed E-state index contributed by atoms with van der Waals surface area (Å²) >= 11 is 0. The molecule has 0 saturated heterocycles. The van der Waals surface area contributed by atoms with Crippen molar-refractivity contribution in [2.45, 2.75) is 38.5 Å². The van der Waals surface area contributed by atoms with Gasteiger partial charge in [-0.2, -0.15) is 5.10 Å². The number of aliphatic imine (C=N–C) groups is 1. The molecule has 0 aliphatic carbocycles. The lowest BCUT2D eigenvalue weighted by Crippen LogP contribution is -2.05. The van der Waals surface area contributed by atoms with Gasteiger partial charge in [0.2, 0.25) is 0 Å². The molecule has 0 atom stereocenters. The second-order valence-electron chi connectivity index (χ2n) is 9.53. The van der Waals surface area contributed by atoms with Crippen LogP contribution in [0.25, 0.3) is 16.0 Å². The molecule has 192 valence electrons. The van der Waals surface area contributed by atoms with Crippen molar-refractivity contribution < 1.29 is 8.42 Å². The Morgan fingerprint density at radius 1 is 1.05 bits per heavy atom. The van der Waals surface area contributed by atoms with Crippen molar-refractivity contribution in [2.75, 3.05) is 11.6 Å². The Morgan fingerprint density at radius 2 is 1.84 bits per heavy atom. The van der Waals surface area contributed by atoms with Gasteiger partial charge in [-0.25, -0.2) is 8.42 Å². The SMILES string of the molecule is [C-]#[N+]c1cccc(Cc2cc(Nc3ccc(-c4c(C)nn(C)c4C)cc3S(C)(=O)=O)c3c(n2)CC(C)=N3)n1. The van der Waals surface area contributed by atoms with E-state index >= 15 is 0 Å². The van der Waals surface area contributed by atoms with Crippen LogP contribution in [-0.4, -0.2) is 40.1 Å². The van der Waals surface area contributed by atoms with Crippen LogP contribution in [0.4, 0.5) is 22.9 Å². The molecule has 1 aromatic carbocycles. The highest BCUT2D eigenvalue weighted by molar-refractivity contribution is 7.90. The van der Waals surface area contributed by atoms with Gasteiger partial charge in [-0.1, -0.05) is 18.7 Å². The van der Waals surface area contributed by atoms with Crippen LogP contribution in [-0.2, 0) is 29.7 Å². The minimum atomic E-state index is -3.57. The Kier molecular flexibility index (Phi) is 6.33. The molecule has 9 nitrogen and oxygen atoms in total. The number of fused-ring (bicyclic) bond motifs is 1. The van der Waals surface area contributed by atoms with E-state index in [0.717, 1.165) is 45.3 Å². The molecular weight excluding hydrogens is 498 g/mol. The van der Waals surface area contributed by atoms with Crippen LogP contribution in [0.2, 0.25) is 0 Å². The van der Waals surface area contributed by atoms with E-state index in [1.807, 2.05) is 46.0 Å². The molecule has 10 heteroatoms. The normalized spacial score (nSPS) is 12.7. The van der Waals surface area contributed by atoms with Crippen LogP contribution in [0, 0.1) is 20.4 Å². The number of hydrogen-bond donors (Lipinski definition) is 1. The number of nitrogens with zero attached hydrogens (tertiary/aromatic N) is 6. The molecule has 0 unspecified atom stereocenters. The second-order valence-corrected chi connectivity index (χ2v) is 11.5. The topological polar surface area (TPSA) is 106 Å². The summed E-state index contributed by atoms with van der Waals surface area (Å²) in [4.78, 5) is 17.5. The zero-order valence-corrected chi connectivity index (χ0v) is 22.7. The van der Waals surface area contributed by atoms with Gasteiger partial charge in [0.15, 0.2) is 9.84 Å². The number of rotatable bonds is 6. The molecule has 0 saturated carbocycles. The number of aryl methyl sites for hydroxylation is 2. The average Bonchev–Trinajstić information content (AvgIpc) is 3.36. The highest BCUT2D eigenvalue weighted by Gasteiger charge is 2.23. The number of aromatic nitrogens is 4. The van der Waals surface area contributed by atoms with Crippen LogP contribution >= 0.6 is 0 Å². The van der Waals surface area contributed by atoms with Gasteiger partial charge in [0, 0.05) is 36.7 Å². The Labute approximate surface area is 222 Å². The van der Waals surface area contributed by atoms with Gasteiger partial charge in [0.25, 0.3) is 5.82 Å². The maximum absolute atomic E-state index is 12.9. The molecule has 4 aromatic rings. The fourth-order valence-corrected chi connectivity index (χ4v) is 5.65. The molecule has 0 amide bonds. The van der Waals surface area contributed by atoms with E-state index in [2.05, 4.69) is 25.2 Å². The summed E-state index contributed by atoms with van der Waals surface area (Å²) in [5, 5.41) is 7.82. The number of anilines is 2. The maximum atomic E-state index is 12.9. The molecular formula is C28H27N7O2S. The third-order valence-electron chi connectivity index (χ3n) is 6.56. The largest absolute Gasteiger partial charge is 0.361 e. The first-order chi connectivity index (χ1) is 18.0. The Balaban J connectivity index is 1.58. The van der Waals surface area contributed by atoms with Gasteiger partial charge in [0.1, 0.15) is 11.4 Å². The molecule has 0 spiro atoms. The monoisotopic (exact) mass is 525 g/mol. The Hall–Kier alpha value is -4.36. The third-order valence-corrected chi connectivity index (χ3v) is 7.70. The molecule has 0 radical (unpaired) electrons. The van der Waals surface area contributed by atoms with Gasteiger partial charge in [-0.05, 0) is 56.7 Å². The summed E-state index contributed by atoms with van der Waals surface area (Å²) in [6.45, 7) is 13.1. The van der Waals surface area contributed by atoms with E-state index < -0.39 is 9.84 Å². The zero-order chi connectivity index (χ0) is 27.2. The second kappa shape index (κ2) is 9.50. The van der Waals surface area contributed by atoms with Crippen molar-refractivity contribution >= 4 is 38.4 Å². The van der Waals surface area contributed by atoms with Crippen molar-refractivity contribution in [1.29, 1.82) is 0 Å². The highest BCUT2D eigenvalue weighted by Crippen LogP contribution is 2.39. The van der Waals surface area contributed by atoms with Crippen molar-refractivity contribution in [3.05, 3.63) is 82.4 Å². The maximum Gasteiger partial charge on any atom is 0.269 e. The van der Waals surface area contributed by atoms with E-state index in [0.29, 0.717) is 35.7 Å². The molecule has 1 aliphatic rings. The van der Waals surface area contributed by atoms with Gasteiger partial charge < -0.3 is 10.2 Å². The van der Waals surface area contributed by atoms with Crippen molar-refractivity contribution in [1.82, 2.24) is 19.7 Å². The van der Waals surface area contributed by atoms with E-state index in [4.69, 9.17) is 11.6 Å². The van der Waals surface area contributed by atoms with Crippen LogP contribution in [0.1, 0.15) is 35.4 Å². The summed E-state index contributed by atoms with van der Waals surface area (Å²) in [7, 11) is -1.70. The molecule has 3 aromatic heterocycles. The number of benzene rings is 1. The number of hydrogen-bond acceptors (Lipinski definition) is 7. The summed E-state index contributed by atoms with van der Waals surface area (Å²) in [6.07, 6.45) is 2.26. The number of pyridine rings is 2. The lowest BCUT2D eigenvalue weighted by molar-refractivity contribution is 0.602. The van der Waals surface area contributed by atoms with Gasteiger partial charge in [-0.3, -0.25) is 14.7 Å². The van der Waals surface area contributed by atoms with Crippen LogP contribution in [0.15, 0.2) is 52.4 Å². The first kappa shape index (κ1) is 25.3. The average molecular weight is 526 g/mol. The summed E-state index contributed by atoms with van der Waals surface area (Å²) < 4.78 is 27.6. The minimum Gasteiger partial charge on any atom is -0.361 e. The van der Waals surface area contributed by atoms with Crippen LogP contribution < -0.4 is 5.32 Å². The molecule has 1 aliphatic heterocycles. The van der Waals surface area contributed by atoms with Crippen molar-refractivity contribution in [3.63, 3.8) is 0 Å². The van der Waals surface area contributed by atoms with Gasteiger partial charge in [0.05, 0.1) is 39.8 Å². The number of nitrogens with one attached hydrogen (secondary N) is 1. The predicted octanol–water partition coefficient (Wildman–Crippen LogP) is 5.43. The molecule has 1 N–H and O–H groups in total. The molecule has 5 rings (SSSR count). The smallest absolute Gasteiger partial charge is 0.269 e. The van der Waals surface area contributed by atoms with Crippen molar-refractivity contribution in [2.24, 2.45) is 12.0 Å². The molecule has 38 heavy (non-hydrogen) atoms. The Morgan fingerprint density at radius 3 is 2.53 bits per heavy atom. The quantitative estimate of drug-likeness (QED) is 0.337. The fourth-order valence-electron chi connectivity index (χ4n) is 4.79. The standard InChI is InChI=1S/C28H27N7O2S/c1-16-12-23-28(30-16)24(15-21(31-23)14-20-8-7-9-26(29-4)32-20)33-22-11-10-19(13-25(22)38(6,36)37)27-17(2)34-35(5)18(27)3/h7-11,13,15H,12,14H2,1-3,5-6H3,(H,31,33). The summed E-state index contributed by atoms with van der Waals surface area (Å²) in [5.74, 6) is 0.332. The lowest BCUT2D eigenvalue weighted by atomic mass is 10.0. The molecule has 4 heterocycles.